The predicted octanol–water partition coefficient (Wildman–Crippen LogP) is 4.90. The van der Waals surface area contributed by atoms with Gasteiger partial charge in [-0.2, -0.15) is 0 Å². The number of amides is 1. The van der Waals surface area contributed by atoms with Crippen LogP contribution in [0.5, 0.6) is 5.75 Å². The summed E-state index contributed by atoms with van der Waals surface area (Å²) in [5.41, 5.74) is 11.0. The molecule has 7 heteroatoms. The van der Waals surface area contributed by atoms with E-state index in [-0.39, 0.29) is 24.7 Å². The number of carbonyl (C=O) groups excluding carboxylic acids is 2. The van der Waals surface area contributed by atoms with Crippen LogP contribution in [0.2, 0.25) is 0 Å². The van der Waals surface area contributed by atoms with E-state index < -0.39 is 5.97 Å². The van der Waals surface area contributed by atoms with Crippen LogP contribution < -0.4 is 10.5 Å². The second-order valence-corrected chi connectivity index (χ2v) is 9.62. The Bertz CT molecular complexity index is 1410. The normalized spacial score (nSPS) is 11.1. The number of hydrogen-bond acceptors (Lipinski definition) is 6. The Kier molecular flexibility index (Phi) is 12.9. The SMILES string of the molecule is CCCCc1ccc(C#Cc2ccc(CN(Cc3ccc(OCC(=O)OC)cc3)C(=O)C(/C=C\CO)=C/N)cc2)cc1. The maximum atomic E-state index is 13.4. The summed E-state index contributed by atoms with van der Waals surface area (Å²) in [5, 5.41) is 9.18. The number of methoxy groups -OCH3 is 1. The molecule has 1 amide bonds. The lowest BCUT2D eigenvalue weighted by atomic mass is 10.1. The summed E-state index contributed by atoms with van der Waals surface area (Å²) in [6, 6.07) is 23.3. The van der Waals surface area contributed by atoms with Gasteiger partial charge in [0.2, 0.25) is 0 Å². The van der Waals surface area contributed by atoms with E-state index in [1.807, 2.05) is 36.4 Å². The lowest BCUT2D eigenvalue weighted by Crippen LogP contribution is -2.31. The van der Waals surface area contributed by atoms with Crippen molar-refractivity contribution in [2.24, 2.45) is 5.73 Å². The molecule has 0 aliphatic carbocycles. The summed E-state index contributed by atoms with van der Waals surface area (Å²) >= 11 is 0. The van der Waals surface area contributed by atoms with E-state index in [1.165, 1.54) is 43.9 Å². The Morgan fingerprint density at radius 3 is 1.93 bits per heavy atom. The minimum absolute atomic E-state index is 0.187. The summed E-state index contributed by atoms with van der Waals surface area (Å²) in [6.07, 6.45) is 7.66. The molecule has 3 rings (SSSR count). The highest BCUT2D eigenvalue weighted by Crippen LogP contribution is 2.18. The molecule has 0 fully saturated rings. The van der Waals surface area contributed by atoms with E-state index in [4.69, 9.17) is 10.5 Å². The molecule has 0 aliphatic rings. The van der Waals surface area contributed by atoms with Gasteiger partial charge < -0.3 is 25.2 Å². The average Bonchev–Trinajstić information content (AvgIpc) is 3.03. The van der Waals surface area contributed by atoms with E-state index in [1.54, 1.807) is 17.0 Å². The largest absolute Gasteiger partial charge is 0.482 e. The van der Waals surface area contributed by atoms with Crippen molar-refractivity contribution in [3.8, 4) is 17.6 Å². The Morgan fingerprint density at radius 2 is 1.43 bits per heavy atom. The molecule has 218 valence electrons. The van der Waals surface area contributed by atoms with Crippen LogP contribution in [0, 0.1) is 11.8 Å². The van der Waals surface area contributed by atoms with Gasteiger partial charge in [-0.15, -0.1) is 0 Å². The average molecular weight is 567 g/mol. The van der Waals surface area contributed by atoms with E-state index >= 15 is 0 Å². The number of nitrogens with two attached hydrogens (primary N) is 1. The molecule has 0 atom stereocenters. The van der Waals surface area contributed by atoms with E-state index in [0.717, 1.165) is 28.7 Å². The lowest BCUT2D eigenvalue weighted by Gasteiger charge is -2.24. The van der Waals surface area contributed by atoms with Crippen molar-refractivity contribution in [1.29, 1.82) is 0 Å². The smallest absolute Gasteiger partial charge is 0.343 e. The van der Waals surface area contributed by atoms with E-state index in [2.05, 4.69) is 47.8 Å². The molecule has 0 bridgehead atoms. The second kappa shape index (κ2) is 17.1. The topological polar surface area (TPSA) is 102 Å². The molecular formula is C35H38N2O5. The molecule has 0 unspecified atom stereocenters. The first-order valence-corrected chi connectivity index (χ1v) is 13.9. The van der Waals surface area contributed by atoms with Crippen molar-refractivity contribution < 1.29 is 24.2 Å². The third-order valence-corrected chi connectivity index (χ3v) is 6.45. The first-order chi connectivity index (χ1) is 20.4. The van der Waals surface area contributed by atoms with Crippen LogP contribution in [-0.4, -0.2) is 42.2 Å². The van der Waals surface area contributed by atoms with Gasteiger partial charge in [0.15, 0.2) is 6.61 Å². The number of aliphatic hydroxyl groups excluding tert-OH is 1. The first kappa shape index (κ1) is 31.7. The molecule has 0 heterocycles. The highest BCUT2D eigenvalue weighted by atomic mass is 16.6. The number of esters is 1. The summed E-state index contributed by atoms with van der Waals surface area (Å²) in [6.45, 7) is 2.43. The van der Waals surface area contributed by atoms with Gasteiger partial charge in [-0.05, 0) is 72.0 Å². The molecule has 0 saturated heterocycles. The van der Waals surface area contributed by atoms with Gasteiger partial charge in [0.25, 0.3) is 5.91 Å². The summed E-state index contributed by atoms with van der Waals surface area (Å²) in [4.78, 5) is 26.4. The Hall–Kier alpha value is -4.80. The summed E-state index contributed by atoms with van der Waals surface area (Å²) in [5.74, 6) is 6.20. The fraction of sp³-hybridized carbons (Fsp3) is 0.257. The number of benzene rings is 3. The van der Waals surface area contributed by atoms with Gasteiger partial charge in [0, 0.05) is 30.4 Å². The molecule has 0 aliphatic heterocycles. The molecule has 0 aromatic heterocycles. The van der Waals surface area contributed by atoms with Crippen molar-refractivity contribution in [2.75, 3.05) is 20.3 Å². The molecule has 3 aromatic rings. The second-order valence-electron chi connectivity index (χ2n) is 9.62. The molecular weight excluding hydrogens is 528 g/mol. The van der Waals surface area contributed by atoms with Gasteiger partial charge >= 0.3 is 5.97 Å². The van der Waals surface area contributed by atoms with Crippen molar-refractivity contribution in [2.45, 2.75) is 39.3 Å². The zero-order chi connectivity index (χ0) is 30.2. The number of ether oxygens (including phenoxy) is 2. The van der Waals surface area contributed by atoms with Crippen molar-refractivity contribution in [3.63, 3.8) is 0 Å². The standard InChI is InChI=1S/C35H38N2O5/c1-3-4-6-27-8-10-28(11-9-27)12-13-29-14-16-30(17-15-29)24-37(35(40)32(23-36)7-5-22-38)25-31-18-20-33(21-19-31)42-26-34(39)41-2/h5,7-11,14-21,23,38H,3-4,6,22,24-26,36H2,1-2H3/b7-5-,32-23+. The van der Waals surface area contributed by atoms with Gasteiger partial charge in [0.1, 0.15) is 5.75 Å². The highest BCUT2D eigenvalue weighted by Gasteiger charge is 2.18. The molecule has 0 spiro atoms. The summed E-state index contributed by atoms with van der Waals surface area (Å²) < 4.78 is 10.0. The van der Waals surface area contributed by atoms with Gasteiger partial charge in [-0.3, -0.25) is 4.79 Å². The molecule has 42 heavy (non-hydrogen) atoms. The maximum absolute atomic E-state index is 13.4. The molecule has 0 saturated carbocycles. The number of unbranched alkanes of at least 4 members (excludes halogenated alkanes) is 1. The Morgan fingerprint density at radius 1 is 0.881 bits per heavy atom. The van der Waals surface area contributed by atoms with E-state index in [9.17, 15) is 14.7 Å². The number of hydrogen-bond donors (Lipinski definition) is 2. The van der Waals surface area contributed by atoms with Crippen molar-refractivity contribution in [1.82, 2.24) is 4.90 Å². The van der Waals surface area contributed by atoms with Crippen LogP contribution >= 0.6 is 0 Å². The highest BCUT2D eigenvalue weighted by molar-refractivity contribution is 5.96. The maximum Gasteiger partial charge on any atom is 0.343 e. The zero-order valence-corrected chi connectivity index (χ0v) is 24.2. The number of aliphatic hydroxyl groups is 1. The van der Waals surface area contributed by atoms with Crippen LogP contribution in [0.4, 0.5) is 0 Å². The molecule has 0 radical (unpaired) electrons. The minimum Gasteiger partial charge on any atom is -0.482 e. The van der Waals surface area contributed by atoms with Crippen LogP contribution in [0.25, 0.3) is 0 Å². The van der Waals surface area contributed by atoms with Crippen LogP contribution in [-0.2, 0) is 33.8 Å². The monoisotopic (exact) mass is 566 g/mol. The zero-order valence-electron chi connectivity index (χ0n) is 24.2. The quantitative estimate of drug-likeness (QED) is 0.132. The number of nitrogens with zero attached hydrogens (tertiary/aromatic N) is 1. The van der Waals surface area contributed by atoms with Gasteiger partial charge in [-0.1, -0.05) is 67.7 Å². The fourth-order valence-corrected chi connectivity index (χ4v) is 4.07. The number of carbonyl (C=O) groups is 2. The Labute approximate surface area is 248 Å². The van der Waals surface area contributed by atoms with Crippen LogP contribution in [0.1, 0.15) is 47.6 Å². The van der Waals surface area contributed by atoms with E-state index in [0.29, 0.717) is 18.8 Å². The van der Waals surface area contributed by atoms with Gasteiger partial charge in [0.05, 0.1) is 19.3 Å². The number of aryl methyl sites for hydroxylation is 1. The first-order valence-electron chi connectivity index (χ1n) is 13.9. The van der Waals surface area contributed by atoms with Crippen molar-refractivity contribution in [3.05, 3.63) is 125 Å². The van der Waals surface area contributed by atoms with Crippen molar-refractivity contribution >= 4 is 11.9 Å². The molecule has 3 aromatic carbocycles. The van der Waals surface area contributed by atoms with Crippen LogP contribution in [0.15, 0.2) is 96.7 Å². The van der Waals surface area contributed by atoms with Crippen LogP contribution in [0.3, 0.4) is 0 Å². The van der Waals surface area contributed by atoms with Gasteiger partial charge in [-0.25, -0.2) is 4.79 Å². The lowest BCUT2D eigenvalue weighted by molar-refractivity contribution is -0.142. The predicted molar refractivity (Wildman–Crippen MR) is 164 cm³/mol. The Balaban J connectivity index is 1.73. The third kappa shape index (κ3) is 10.3. The number of rotatable bonds is 13. The summed E-state index contributed by atoms with van der Waals surface area (Å²) in [7, 11) is 1.30. The minimum atomic E-state index is -0.471. The fourth-order valence-electron chi connectivity index (χ4n) is 4.07. The molecule has 7 nitrogen and oxygen atoms in total. The third-order valence-electron chi connectivity index (χ3n) is 6.45. The molecule has 3 N–H and O–H groups in total.